The molecule has 1 aliphatic heterocycles. The Bertz CT molecular complexity index is 708. The summed E-state index contributed by atoms with van der Waals surface area (Å²) in [5.74, 6) is 0.855. The topological polar surface area (TPSA) is 64.4 Å². The number of fused-ring (bicyclic) bond motifs is 1. The van der Waals surface area contributed by atoms with Crippen LogP contribution < -0.4 is 15.8 Å². The lowest BCUT2D eigenvalue weighted by Crippen LogP contribution is -2.41. The first kappa shape index (κ1) is 15.4. The number of carbonyl (C=O) groups is 1. The molecule has 0 bridgehead atoms. The lowest BCUT2D eigenvalue weighted by Gasteiger charge is -2.37. The highest BCUT2D eigenvalue weighted by Crippen LogP contribution is 2.39. The van der Waals surface area contributed by atoms with E-state index in [1.165, 1.54) is 0 Å². The fourth-order valence-electron chi connectivity index (χ4n) is 3.00. The molecule has 0 fully saturated rings. The molecule has 1 heterocycles. The smallest absolute Gasteiger partial charge is 0.224 e. The first-order valence-corrected chi connectivity index (χ1v) is 7.85. The predicted octanol–water partition coefficient (Wildman–Crippen LogP) is 3.23. The molecule has 0 saturated heterocycles. The molecule has 120 valence electrons. The Kier molecular flexibility index (Phi) is 3.99. The van der Waals surface area contributed by atoms with Gasteiger partial charge in [0.2, 0.25) is 5.91 Å². The Labute approximate surface area is 136 Å². The second-order valence-electron chi connectivity index (χ2n) is 6.64. The highest BCUT2D eigenvalue weighted by atomic mass is 16.5. The minimum absolute atomic E-state index is 0.00674. The summed E-state index contributed by atoms with van der Waals surface area (Å²) < 4.78 is 6.00. The average molecular weight is 310 g/mol. The molecule has 0 spiro atoms. The first-order valence-electron chi connectivity index (χ1n) is 7.85. The van der Waals surface area contributed by atoms with Gasteiger partial charge >= 0.3 is 0 Å². The van der Waals surface area contributed by atoms with E-state index in [2.05, 4.69) is 5.32 Å². The van der Waals surface area contributed by atoms with Crippen LogP contribution in [0.25, 0.3) is 0 Å². The van der Waals surface area contributed by atoms with E-state index in [1.54, 1.807) is 0 Å². The van der Waals surface area contributed by atoms with Gasteiger partial charge in [-0.3, -0.25) is 4.79 Å². The molecule has 1 unspecified atom stereocenters. The van der Waals surface area contributed by atoms with Crippen LogP contribution in [0, 0.1) is 0 Å². The summed E-state index contributed by atoms with van der Waals surface area (Å²) in [5.41, 5.74) is 8.07. The van der Waals surface area contributed by atoms with E-state index in [4.69, 9.17) is 10.5 Å². The molecule has 23 heavy (non-hydrogen) atoms. The molecule has 1 amide bonds. The van der Waals surface area contributed by atoms with Crippen molar-refractivity contribution in [2.24, 2.45) is 0 Å². The van der Waals surface area contributed by atoms with E-state index < -0.39 is 0 Å². The number of para-hydroxylation sites is 1. The van der Waals surface area contributed by atoms with Crippen LogP contribution in [0.3, 0.4) is 0 Å². The molecule has 2 aromatic carbocycles. The number of amides is 1. The fraction of sp³-hybridized carbons (Fsp3) is 0.316. The minimum Gasteiger partial charge on any atom is -0.487 e. The molecule has 3 N–H and O–H groups in total. The molecular weight excluding hydrogens is 288 g/mol. The summed E-state index contributed by atoms with van der Waals surface area (Å²) in [5, 5.41) is 3.14. The second-order valence-corrected chi connectivity index (χ2v) is 6.64. The maximum absolute atomic E-state index is 12.4. The summed E-state index contributed by atoms with van der Waals surface area (Å²) in [6, 6.07) is 15.3. The zero-order valence-corrected chi connectivity index (χ0v) is 13.5. The van der Waals surface area contributed by atoms with Gasteiger partial charge in [0.05, 0.1) is 12.5 Å². The van der Waals surface area contributed by atoms with E-state index in [-0.39, 0.29) is 17.6 Å². The molecule has 1 atom stereocenters. The van der Waals surface area contributed by atoms with Gasteiger partial charge in [0, 0.05) is 17.7 Å². The van der Waals surface area contributed by atoms with Crippen LogP contribution in [0.15, 0.2) is 48.5 Å². The van der Waals surface area contributed by atoms with Crippen molar-refractivity contribution in [1.82, 2.24) is 5.32 Å². The van der Waals surface area contributed by atoms with E-state index in [1.807, 2.05) is 62.4 Å². The number of anilines is 1. The molecule has 4 heteroatoms. The molecular formula is C19H22N2O2. The summed E-state index contributed by atoms with van der Waals surface area (Å²) in [6.45, 7) is 4.09. The largest absolute Gasteiger partial charge is 0.487 e. The van der Waals surface area contributed by atoms with Crippen LogP contribution in [0.4, 0.5) is 5.69 Å². The molecule has 0 aliphatic carbocycles. The van der Waals surface area contributed by atoms with Gasteiger partial charge in [-0.25, -0.2) is 0 Å². The van der Waals surface area contributed by atoms with Crippen molar-refractivity contribution >= 4 is 11.6 Å². The maximum atomic E-state index is 12.4. The summed E-state index contributed by atoms with van der Waals surface area (Å²) >= 11 is 0. The van der Waals surface area contributed by atoms with Crippen molar-refractivity contribution < 1.29 is 9.53 Å². The molecule has 3 rings (SSSR count). The Hall–Kier alpha value is -2.49. The van der Waals surface area contributed by atoms with Gasteiger partial charge < -0.3 is 15.8 Å². The zero-order valence-electron chi connectivity index (χ0n) is 13.5. The third-order valence-corrected chi connectivity index (χ3v) is 4.06. The Morgan fingerprint density at radius 2 is 1.91 bits per heavy atom. The Balaban J connectivity index is 1.74. The third kappa shape index (κ3) is 3.65. The van der Waals surface area contributed by atoms with Crippen LogP contribution in [0.5, 0.6) is 5.75 Å². The van der Waals surface area contributed by atoms with Gasteiger partial charge in [-0.1, -0.05) is 30.3 Å². The Morgan fingerprint density at radius 3 is 2.65 bits per heavy atom. The predicted molar refractivity (Wildman–Crippen MR) is 91.2 cm³/mol. The highest BCUT2D eigenvalue weighted by Gasteiger charge is 2.34. The van der Waals surface area contributed by atoms with Crippen molar-refractivity contribution in [1.29, 1.82) is 0 Å². The van der Waals surface area contributed by atoms with Gasteiger partial charge in [0.15, 0.2) is 0 Å². The van der Waals surface area contributed by atoms with E-state index >= 15 is 0 Å². The molecule has 1 aliphatic rings. The van der Waals surface area contributed by atoms with Crippen molar-refractivity contribution in [2.45, 2.75) is 38.3 Å². The average Bonchev–Trinajstić information content (AvgIpc) is 2.48. The first-order chi connectivity index (χ1) is 10.9. The molecule has 0 radical (unpaired) electrons. The van der Waals surface area contributed by atoms with Crippen molar-refractivity contribution in [2.75, 3.05) is 5.73 Å². The highest BCUT2D eigenvalue weighted by molar-refractivity contribution is 5.79. The number of hydrogen-bond donors (Lipinski definition) is 2. The van der Waals surface area contributed by atoms with Gasteiger partial charge in [-0.05, 0) is 37.6 Å². The number of nitrogens with one attached hydrogen (secondary N) is 1. The number of hydrogen-bond acceptors (Lipinski definition) is 3. The summed E-state index contributed by atoms with van der Waals surface area (Å²) in [7, 11) is 0. The normalized spacial score (nSPS) is 18.6. The van der Waals surface area contributed by atoms with E-state index in [9.17, 15) is 4.79 Å². The fourth-order valence-corrected chi connectivity index (χ4v) is 3.00. The lowest BCUT2D eigenvalue weighted by molar-refractivity contribution is -0.121. The SMILES string of the molecule is CC1(C)CC(NC(=O)Cc2ccc(N)cc2)c2ccccc2O1. The van der Waals surface area contributed by atoms with E-state index in [0.29, 0.717) is 12.1 Å². The van der Waals surface area contributed by atoms with Crippen molar-refractivity contribution in [3.63, 3.8) is 0 Å². The standard InChI is InChI=1S/C19H22N2O2/c1-19(2)12-16(15-5-3-4-6-17(15)23-19)21-18(22)11-13-7-9-14(20)10-8-13/h3-10,16H,11-12,20H2,1-2H3,(H,21,22). The van der Waals surface area contributed by atoms with Crippen LogP contribution >= 0.6 is 0 Å². The van der Waals surface area contributed by atoms with Crippen LogP contribution in [-0.4, -0.2) is 11.5 Å². The number of nitrogen functional groups attached to an aromatic ring is 1. The Morgan fingerprint density at radius 1 is 1.22 bits per heavy atom. The third-order valence-electron chi connectivity index (χ3n) is 4.06. The summed E-state index contributed by atoms with van der Waals surface area (Å²) in [6.07, 6.45) is 1.09. The molecule has 4 nitrogen and oxygen atoms in total. The maximum Gasteiger partial charge on any atom is 0.224 e. The number of nitrogens with two attached hydrogens (primary N) is 1. The molecule has 2 aromatic rings. The van der Waals surface area contributed by atoms with Crippen LogP contribution in [0.2, 0.25) is 0 Å². The number of rotatable bonds is 3. The molecule has 0 saturated carbocycles. The van der Waals surface area contributed by atoms with Crippen LogP contribution in [0.1, 0.15) is 37.4 Å². The number of ether oxygens (including phenoxy) is 1. The van der Waals surface area contributed by atoms with Gasteiger partial charge in [-0.15, -0.1) is 0 Å². The molecule has 0 aromatic heterocycles. The van der Waals surface area contributed by atoms with Crippen LogP contribution in [-0.2, 0) is 11.2 Å². The monoisotopic (exact) mass is 310 g/mol. The second kappa shape index (κ2) is 5.95. The summed E-state index contributed by atoms with van der Waals surface area (Å²) in [4.78, 5) is 12.4. The number of carbonyl (C=O) groups excluding carboxylic acids is 1. The lowest BCUT2D eigenvalue weighted by atomic mass is 9.89. The van der Waals surface area contributed by atoms with Gasteiger partial charge in [0.1, 0.15) is 11.4 Å². The zero-order chi connectivity index (χ0) is 16.4. The van der Waals surface area contributed by atoms with Gasteiger partial charge in [-0.2, -0.15) is 0 Å². The van der Waals surface area contributed by atoms with Crippen molar-refractivity contribution in [3.05, 3.63) is 59.7 Å². The van der Waals surface area contributed by atoms with E-state index in [0.717, 1.165) is 23.3 Å². The van der Waals surface area contributed by atoms with Gasteiger partial charge in [0.25, 0.3) is 0 Å². The minimum atomic E-state index is -0.298. The quantitative estimate of drug-likeness (QED) is 0.856. The van der Waals surface area contributed by atoms with Crippen molar-refractivity contribution in [3.8, 4) is 5.75 Å². The number of benzene rings is 2.